The molecule has 0 aliphatic carbocycles. The largest absolute Gasteiger partial charge is 0.344 e. The number of nitrogens with zero attached hydrogens (tertiary/aromatic N) is 1. The van der Waals surface area contributed by atoms with Gasteiger partial charge in [-0.15, -0.1) is 11.8 Å². The fraction of sp³-hybridized carbons (Fsp3) is 0.333. The van der Waals surface area contributed by atoms with Gasteiger partial charge in [-0.2, -0.15) is 0 Å². The number of nitrogens with one attached hydrogen (secondary N) is 1. The monoisotopic (exact) mass is 218 g/mol. The quantitative estimate of drug-likeness (QED) is 0.723. The molecular weight excluding hydrogens is 204 g/mol. The molecule has 0 saturated carbocycles. The molecule has 3 heteroatoms. The molecule has 0 bridgehead atoms. The molecule has 1 fully saturated rings. The lowest BCUT2D eigenvalue weighted by Crippen LogP contribution is -2.29. The minimum absolute atomic E-state index is 0.482. The normalized spacial score (nSPS) is 28.8. The minimum Gasteiger partial charge on any atom is -0.344 e. The highest BCUT2D eigenvalue weighted by Crippen LogP contribution is 2.30. The Morgan fingerprint density at radius 1 is 1.33 bits per heavy atom. The zero-order valence-electron chi connectivity index (χ0n) is 8.52. The van der Waals surface area contributed by atoms with E-state index in [9.17, 15) is 0 Å². The number of hydrogen-bond donors (Lipinski definition) is 1. The first-order chi connectivity index (χ1) is 7.45. The summed E-state index contributed by atoms with van der Waals surface area (Å²) in [5.74, 6) is 1.22. The molecule has 0 aromatic heterocycles. The highest BCUT2D eigenvalue weighted by molar-refractivity contribution is 8.00. The van der Waals surface area contributed by atoms with E-state index >= 15 is 0 Å². The number of rotatable bonds is 1. The molecule has 2 nitrogen and oxygen atoms in total. The molecule has 0 aromatic rings. The second kappa shape index (κ2) is 3.91. The number of allylic oxidation sites excluding steroid dienone is 3. The van der Waals surface area contributed by atoms with E-state index in [-0.39, 0.29) is 0 Å². The van der Waals surface area contributed by atoms with Gasteiger partial charge in [0.15, 0.2) is 0 Å². The molecule has 0 spiro atoms. The average molecular weight is 218 g/mol. The zero-order chi connectivity index (χ0) is 10.1. The van der Waals surface area contributed by atoms with Crippen molar-refractivity contribution in [3.63, 3.8) is 0 Å². The molecule has 3 heterocycles. The maximum atomic E-state index is 3.53. The molecule has 0 aromatic carbocycles. The van der Waals surface area contributed by atoms with Gasteiger partial charge >= 0.3 is 0 Å². The molecule has 15 heavy (non-hydrogen) atoms. The fourth-order valence-corrected chi connectivity index (χ4v) is 3.21. The van der Waals surface area contributed by atoms with Crippen LogP contribution in [0.1, 0.15) is 0 Å². The van der Waals surface area contributed by atoms with Crippen molar-refractivity contribution in [2.75, 3.05) is 18.8 Å². The first kappa shape index (κ1) is 9.31. The average Bonchev–Trinajstić information content (AvgIpc) is 2.82. The predicted octanol–water partition coefficient (Wildman–Crippen LogP) is 1.86. The Hall–Kier alpha value is -0.930. The number of thioether (sulfide) groups is 1. The van der Waals surface area contributed by atoms with Gasteiger partial charge < -0.3 is 10.2 Å². The number of fused-ring (bicyclic) bond motifs is 1. The third kappa shape index (κ3) is 1.66. The Bertz CT molecular complexity index is 373. The molecule has 0 radical (unpaired) electrons. The van der Waals surface area contributed by atoms with Crippen LogP contribution in [0.15, 0.2) is 47.9 Å². The van der Waals surface area contributed by atoms with Gasteiger partial charge in [0.05, 0.1) is 5.37 Å². The summed E-state index contributed by atoms with van der Waals surface area (Å²) in [6.07, 6.45) is 13.1. The van der Waals surface area contributed by atoms with Crippen molar-refractivity contribution in [1.82, 2.24) is 10.2 Å². The molecule has 3 rings (SSSR count). The molecule has 1 atom stereocenters. The Morgan fingerprint density at radius 2 is 2.33 bits per heavy atom. The topological polar surface area (TPSA) is 15.3 Å². The van der Waals surface area contributed by atoms with Gasteiger partial charge in [-0.3, -0.25) is 0 Å². The van der Waals surface area contributed by atoms with Crippen molar-refractivity contribution in [1.29, 1.82) is 0 Å². The Balaban J connectivity index is 1.96. The summed E-state index contributed by atoms with van der Waals surface area (Å²) in [5.41, 5.74) is 2.77. The van der Waals surface area contributed by atoms with Crippen LogP contribution >= 0.6 is 11.8 Å². The molecule has 3 aliphatic rings. The van der Waals surface area contributed by atoms with Gasteiger partial charge in [-0.05, 0) is 12.2 Å². The summed E-state index contributed by atoms with van der Waals surface area (Å²) in [6, 6.07) is 0. The molecule has 1 N–H and O–H groups in total. The molecule has 0 amide bonds. The van der Waals surface area contributed by atoms with Crippen LogP contribution in [0.2, 0.25) is 0 Å². The van der Waals surface area contributed by atoms with Crippen LogP contribution in [-0.2, 0) is 0 Å². The Labute approximate surface area is 94.4 Å². The maximum absolute atomic E-state index is 3.53. The van der Waals surface area contributed by atoms with Gasteiger partial charge in [0, 0.05) is 36.3 Å². The van der Waals surface area contributed by atoms with E-state index in [0.717, 1.165) is 13.1 Å². The first-order valence-corrected chi connectivity index (χ1v) is 6.37. The van der Waals surface area contributed by atoms with Gasteiger partial charge in [0.2, 0.25) is 0 Å². The van der Waals surface area contributed by atoms with Gasteiger partial charge in [0.1, 0.15) is 0 Å². The van der Waals surface area contributed by atoms with Crippen LogP contribution in [0.4, 0.5) is 0 Å². The van der Waals surface area contributed by atoms with Crippen molar-refractivity contribution >= 4 is 11.8 Å². The van der Waals surface area contributed by atoms with Gasteiger partial charge in [-0.25, -0.2) is 0 Å². The van der Waals surface area contributed by atoms with Crippen LogP contribution in [0.5, 0.6) is 0 Å². The summed E-state index contributed by atoms with van der Waals surface area (Å²) in [6.45, 7) is 2.12. The van der Waals surface area contributed by atoms with Crippen molar-refractivity contribution in [2.45, 2.75) is 5.37 Å². The van der Waals surface area contributed by atoms with E-state index < -0.39 is 0 Å². The van der Waals surface area contributed by atoms with E-state index in [1.807, 2.05) is 11.8 Å². The van der Waals surface area contributed by atoms with Crippen LogP contribution in [-0.4, -0.2) is 29.1 Å². The summed E-state index contributed by atoms with van der Waals surface area (Å²) < 4.78 is 0. The summed E-state index contributed by atoms with van der Waals surface area (Å²) >= 11 is 2.00. The second-order valence-electron chi connectivity index (χ2n) is 3.80. The smallest absolute Gasteiger partial charge is 0.0810 e. The molecule has 78 valence electrons. The second-order valence-corrected chi connectivity index (χ2v) is 5.01. The molecule has 1 saturated heterocycles. The Kier molecular flexibility index (Phi) is 2.43. The highest BCUT2D eigenvalue weighted by atomic mass is 32.2. The molecule has 1 unspecified atom stereocenters. The van der Waals surface area contributed by atoms with Crippen LogP contribution in [0.25, 0.3) is 0 Å². The number of hydrogen-bond acceptors (Lipinski definition) is 3. The lowest BCUT2D eigenvalue weighted by molar-refractivity contribution is 0.512. The summed E-state index contributed by atoms with van der Waals surface area (Å²) in [7, 11) is 0. The lowest BCUT2D eigenvalue weighted by atomic mass is 10.1. The maximum Gasteiger partial charge on any atom is 0.0810 e. The molecule has 3 aliphatic heterocycles. The standard InChI is InChI=1S/C12H14N2S/c1-2-7-14-8-3-4-10(11(14)5-1)12-13-6-9-15-12/h1-5,7,12-13H,6,8-9H2. The summed E-state index contributed by atoms with van der Waals surface area (Å²) in [5, 5.41) is 4.01. The predicted molar refractivity (Wildman–Crippen MR) is 65.4 cm³/mol. The van der Waals surface area contributed by atoms with Crippen molar-refractivity contribution < 1.29 is 0 Å². The van der Waals surface area contributed by atoms with E-state index in [0.29, 0.717) is 5.37 Å². The zero-order valence-corrected chi connectivity index (χ0v) is 9.33. The van der Waals surface area contributed by atoms with Crippen molar-refractivity contribution in [3.8, 4) is 0 Å². The third-order valence-corrected chi connectivity index (χ3v) is 4.03. The van der Waals surface area contributed by atoms with Gasteiger partial charge in [0.25, 0.3) is 0 Å². The summed E-state index contributed by atoms with van der Waals surface area (Å²) in [4.78, 5) is 2.30. The van der Waals surface area contributed by atoms with E-state index in [1.165, 1.54) is 17.0 Å². The van der Waals surface area contributed by atoms with E-state index in [2.05, 4.69) is 46.8 Å². The fourth-order valence-electron chi connectivity index (χ4n) is 2.12. The van der Waals surface area contributed by atoms with Gasteiger partial charge in [-0.1, -0.05) is 18.2 Å². The first-order valence-electron chi connectivity index (χ1n) is 5.32. The SMILES string of the molecule is C1=CC2=C(C3NCCS3)C=CCN2C=C1. The minimum atomic E-state index is 0.482. The molecular formula is C12H14N2S. The van der Waals surface area contributed by atoms with Crippen molar-refractivity contribution in [2.24, 2.45) is 0 Å². The van der Waals surface area contributed by atoms with Crippen LogP contribution < -0.4 is 5.32 Å². The van der Waals surface area contributed by atoms with E-state index in [1.54, 1.807) is 0 Å². The van der Waals surface area contributed by atoms with Crippen molar-refractivity contribution in [3.05, 3.63) is 47.9 Å². The van der Waals surface area contributed by atoms with E-state index in [4.69, 9.17) is 0 Å². The Morgan fingerprint density at radius 3 is 3.20 bits per heavy atom. The third-order valence-electron chi connectivity index (χ3n) is 2.83. The highest BCUT2D eigenvalue weighted by Gasteiger charge is 2.23. The van der Waals surface area contributed by atoms with Crippen LogP contribution in [0, 0.1) is 0 Å². The van der Waals surface area contributed by atoms with Crippen LogP contribution in [0.3, 0.4) is 0 Å². The lowest BCUT2D eigenvalue weighted by Gasteiger charge is -2.29.